The van der Waals surface area contributed by atoms with Gasteiger partial charge in [0.2, 0.25) is 0 Å². The molecule has 0 saturated heterocycles. The van der Waals surface area contributed by atoms with E-state index in [1.165, 1.54) is 10.8 Å². The molecule has 4 heteroatoms. The van der Waals surface area contributed by atoms with E-state index in [4.69, 9.17) is 34.8 Å². The van der Waals surface area contributed by atoms with Crippen molar-refractivity contribution < 1.29 is 0 Å². The van der Waals surface area contributed by atoms with Gasteiger partial charge >= 0.3 is 0 Å². The van der Waals surface area contributed by atoms with Crippen LogP contribution in [0.3, 0.4) is 0 Å². The zero-order valence-corrected chi connectivity index (χ0v) is 9.97. The van der Waals surface area contributed by atoms with Crippen molar-refractivity contribution in [2.24, 2.45) is 0 Å². The molecule has 0 unspecified atom stereocenters. The lowest BCUT2D eigenvalue weighted by atomic mass is 10.2. The van der Waals surface area contributed by atoms with Crippen LogP contribution in [0.5, 0.6) is 0 Å². The van der Waals surface area contributed by atoms with Crippen LogP contribution < -0.4 is 0 Å². The highest BCUT2D eigenvalue weighted by atomic mass is 127. The maximum absolute atomic E-state index is 5.54. The topological polar surface area (TPSA) is 0 Å². The molecular weight excluding hydrogens is 305 g/mol. The molecule has 0 fully saturated rings. The van der Waals surface area contributed by atoms with Gasteiger partial charge in [0, 0.05) is 0 Å². The van der Waals surface area contributed by atoms with Crippen molar-refractivity contribution in [2.75, 3.05) is 4.43 Å². The van der Waals surface area contributed by atoms with E-state index in [1.807, 2.05) is 0 Å². The predicted molar refractivity (Wildman–Crippen MR) is 57.6 cm³/mol. The van der Waals surface area contributed by atoms with E-state index in [0.717, 1.165) is 12.8 Å². The Kier molecular flexibility index (Phi) is 7.14. The van der Waals surface area contributed by atoms with Crippen LogP contribution in [-0.4, -0.2) is 8.22 Å². The second-order valence-electron chi connectivity index (χ2n) is 2.11. The number of alkyl halides is 4. The van der Waals surface area contributed by atoms with Crippen LogP contribution in [0.15, 0.2) is 0 Å². The molecule has 0 nitrogen and oxygen atoms in total. The van der Waals surface area contributed by atoms with E-state index < -0.39 is 3.79 Å². The summed E-state index contributed by atoms with van der Waals surface area (Å²) in [7, 11) is 0. The fourth-order valence-electron chi connectivity index (χ4n) is 0.597. The molecule has 0 saturated carbocycles. The predicted octanol–water partition coefficient (Wildman–Crippen LogP) is 4.35. The normalized spacial score (nSPS) is 12.0. The highest BCUT2D eigenvalue weighted by Crippen LogP contribution is 2.31. The number of unbranched alkanes of at least 4 members (excludes halogenated alkanes) is 2. The van der Waals surface area contributed by atoms with Gasteiger partial charge in [0.15, 0.2) is 3.79 Å². The summed E-state index contributed by atoms with van der Waals surface area (Å²) in [6.07, 6.45) is 4.08. The van der Waals surface area contributed by atoms with Crippen molar-refractivity contribution in [3.05, 3.63) is 0 Å². The van der Waals surface area contributed by atoms with E-state index in [1.54, 1.807) is 0 Å². The first kappa shape index (κ1) is 11.6. The summed E-state index contributed by atoms with van der Waals surface area (Å²) in [5, 5.41) is 0. The third-order valence-corrected chi connectivity index (χ3v) is 2.42. The molecule has 0 aliphatic carbocycles. The maximum Gasteiger partial charge on any atom is 0.190 e. The van der Waals surface area contributed by atoms with E-state index in [9.17, 15) is 0 Å². The van der Waals surface area contributed by atoms with Crippen LogP contribution in [0, 0.1) is 0 Å². The second-order valence-corrected chi connectivity index (χ2v) is 5.71. The first-order chi connectivity index (χ1) is 4.56. The fourth-order valence-corrected chi connectivity index (χ4v) is 1.54. The highest BCUT2D eigenvalue weighted by molar-refractivity contribution is 14.1. The standard InChI is InChI=1S/C6H10Cl3I/c7-6(8,9)4-2-1-3-5-10/h1-5H2. The third kappa shape index (κ3) is 9.60. The van der Waals surface area contributed by atoms with Crippen molar-refractivity contribution >= 4 is 57.4 Å². The number of rotatable bonds is 4. The van der Waals surface area contributed by atoms with Crippen molar-refractivity contribution in [1.29, 1.82) is 0 Å². The smallest absolute Gasteiger partial charge is 0.0864 e. The Hall–Kier alpha value is 1.60. The van der Waals surface area contributed by atoms with Crippen LogP contribution in [0.1, 0.15) is 25.7 Å². The van der Waals surface area contributed by atoms with Crippen molar-refractivity contribution in [3.8, 4) is 0 Å². The largest absolute Gasteiger partial charge is 0.190 e. The summed E-state index contributed by atoms with van der Waals surface area (Å²) in [4.78, 5) is 0. The minimum absolute atomic E-state index is 0.675. The zero-order chi connectivity index (χ0) is 8.04. The van der Waals surface area contributed by atoms with Crippen LogP contribution in [0.4, 0.5) is 0 Å². The second kappa shape index (κ2) is 6.15. The maximum atomic E-state index is 5.54. The molecule has 0 aromatic rings. The van der Waals surface area contributed by atoms with E-state index in [2.05, 4.69) is 22.6 Å². The molecule has 0 rings (SSSR count). The minimum atomic E-state index is -1.04. The van der Waals surface area contributed by atoms with E-state index >= 15 is 0 Å². The van der Waals surface area contributed by atoms with Gasteiger partial charge < -0.3 is 0 Å². The molecule has 0 N–H and O–H groups in total. The number of halogens is 4. The van der Waals surface area contributed by atoms with Gasteiger partial charge in [-0.1, -0.05) is 63.8 Å². The summed E-state index contributed by atoms with van der Waals surface area (Å²) >= 11 is 19.0. The first-order valence-electron chi connectivity index (χ1n) is 3.19. The summed E-state index contributed by atoms with van der Waals surface area (Å²) in [6, 6.07) is 0. The van der Waals surface area contributed by atoms with Crippen LogP contribution in [0.25, 0.3) is 0 Å². The number of hydrogen-bond acceptors (Lipinski definition) is 0. The summed E-state index contributed by atoms with van der Waals surface area (Å²) in [6.45, 7) is 0. The number of hydrogen-bond donors (Lipinski definition) is 0. The summed E-state index contributed by atoms with van der Waals surface area (Å²) in [5.74, 6) is 0. The quantitative estimate of drug-likeness (QED) is 0.411. The molecule has 0 amide bonds. The van der Waals surface area contributed by atoms with Crippen molar-refractivity contribution in [2.45, 2.75) is 29.5 Å². The van der Waals surface area contributed by atoms with Gasteiger partial charge in [-0.3, -0.25) is 0 Å². The zero-order valence-electron chi connectivity index (χ0n) is 5.55. The Morgan fingerprint density at radius 3 is 2.00 bits per heavy atom. The fraction of sp³-hybridized carbons (Fsp3) is 1.00. The van der Waals surface area contributed by atoms with Gasteiger partial charge in [0.05, 0.1) is 0 Å². The minimum Gasteiger partial charge on any atom is -0.0864 e. The molecule has 0 aliphatic rings. The lowest BCUT2D eigenvalue weighted by Gasteiger charge is -2.08. The highest BCUT2D eigenvalue weighted by Gasteiger charge is 2.17. The van der Waals surface area contributed by atoms with Crippen molar-refractivity contribution in [3.63, 3.8) is 0 Å². The van der Waals surface area contributed by atoms with Gasteiger partial charge in [-0.2, -0.15) is 0 Å². The Bertz CT molecular complexity index is 79.6. The Morgan fingerprint density at radius 2 is 1.60 bits per heavy atom. The lowest BCUT2D eigenvalue weighted by molar-refractivity contribution is 0.684. The van der Waals surface area contributed by atoms with Gasteiger partial charge in [0.1, 0.15) is 0 Å². The average molecular weight is 315 g/mol. The monoisotopic (exact) mass is 314 g/mol. The van der Waals surface area contributed by atoms with Crippen LogP contribution >= 0.6 is 57.4 Å². The van der Waals surface area contributed by atoms with E-state index in [0.29, 0.717) is 6.42 Å². The van der Waals surface area contributed by atoms with E-state index in [-0.39, 0.29) is 0 Å². The molecule has 0 spiro atoms. The summed E-state index contributed by atoms with van der Waals surface area (Å²) in [5.41, 5.74) is 0. The molecule has 62 valence electrons. The molecule has 0 heterocycles. The molecule has 0 bridgehead atoms. The van der Waals surface area contributed by atoms with Gasteiger partial charge in [-0.25, -0.2) is 0 Å². The molecule has 0 aromatic carbocycles. The summed E-state index contributed by atoms with van der Waals surface area (Å²) < 4.78 is 0.156. The molecular formula is C6H10Cl3I. The average Bonchev–Trinajstić information content (AvgIpc) is 1.78. The Labute approximate surface area is 90.7 Å². The molecule has 0 aromatic heterocycles. The van der Waals surface area contributed by atoms with Crippen molar-refractivity contribution in [1.82, 2.24) is 0 Å². The molecule has 10 heavy (non-hydrogen) atoms. The van der Waals surface area contributed by atoms with Gasteiger partial charge in [-0.05, 0) is 23.7 Å². The Balaban J connectivity index is 3.04. The molecule has 0 atom stereocenters. The first-order valence-corrected chi connectivity index (χ1v) is 5.85. The van der Waals surface area contributed by atoms with Gasteiger partial charge in [0.25, 0.3) is 0 Å². The van der Waals surface area contributed by atoms with Crippen LogP contribution in [-0.2, 0) is 0 Å². The Morgan fingerprint density at radius 1 is 1.00 bits per heavy atom. The van der Waals surface area contributed by atoms with Gasteiger partial charge in [-0.15, -0.1) is 0 Å². The SMILES string of the molecule is ClC(Cl)(Cl)CCCCCI. The lowest BCUT2D eigenvalue weighted by Crippen LogP contribution is -2.00. The molecule has 0 radical (unpaired) electrons. The third-order valence-electron chi connectivity index (χ3n) is 1.09. The molecule has 0 aliphatic heterocycles. The van der Waals surface area contributed by atoms with Crippen LogP contribution in [0.2, 0.25) is 0 Å².